The van der Waals surface area contributed by atoms with Crippen LogP contribution in [0, 0.1) is 0 Å². The first kappa shape index (κ1) is 21.6. The smallest absolute Gasteiger partial charge is 0.412 e. The van der Waals surface area contributed by atoms with Crippen LogP contribution in [0.5, 0.6) is 11.5 Å². The first-order valence-corrected chi connectivity index (χ1v) is 10.1. The molecule has 0 spiro atoms. The fourth-order valence-corrected chi connectivity index (χ4v) is 3.68. The molecular formula is C23H27NO6. The highest BCUT2D eigenvalue weighted by Crippen LogP contribution is 2.44. The topological polar surface area (TPSA) is 83.1 Å². The van der Waals surface area contributed by atoms with Gasteiger partial charge in [0.05, 0.1) is 20.3 Å². The van der Waals surface area contributed by atoms with Crippen molar-refractivity contribution in [2.75, 3.05) is 33.5 Å². The number of nitrogens with one attached hydrogen (secondary N) is 1. The first-order valence-electron chi connectivity index (χ1n) is 10.1. The van der Waals surface area contributed by atoms with E-state index in [9.17, 15) is 9.59 Å². The van der Waals surface area contributed by atoms with E-state index in [-0.39, 0.29) is 26.4 Å². The van der Waals surface area contributed by atoms with E-state index in [2.05, 4.69) is 11.9 Å². The molecule has 0 radical (unpaired) electrons. The number of hydrogen-bond donors (Lipinski definition) is 1. The van der Waals surface area contributed by atoms with E-state index in [1.54, 1.807) is 7.11 Å². The van der Waals surface area contributed by atoms with Gasteiger partial charge in [0.15, 0.2) is 0 Å². The van der Waals surface area contributed by atoms with Gasteiger partial charge in [-0.05, 0) is 25.7 Å². The van der Waals surface area contributed by atoms with E-state index in [1.807, 2.05) is 24.3 Å². The molecule has 3 rings (SSSR count). The predicted molar refractivity (Wildman–Crippen MR) is 113 cm³/mol. The van der Waals surface area contributed by atoms with E-state index < -0.39 is 12.1 Å². The lowest BCUT2D eigenvalue weighted by atomic mass is 9.87. The Morgan fingerprint density at radius 2 is 1.70 bits per heavy atom. The highest BCUT2D eigenvalue weighted by atomic mass is 16.6. The average molecular weight is 413 g/mol. The Morgan fingerprint density at radius 3 is 2.37 bits per heavy atom. The van der Waals surface area contributed by atoms with Gasteiger partial charge in [0.1, 0.15) is 18.1 Å². The Kier molecular flexibility index (Phi) is 7.68. The average Bonchev–Trinajstić information content (AvgIpc) is 2.78. The molecular weight excluding hydrogens is 386 g/mol. The van der Waals surface area contributed by atoms with Gasteiger partial charge in [-0.3, -0.25) is 0 Å². The Labute approximate surface area is 175 Å². The van der Waals surface area contributed by atoms with Gasteiger partial charge in [-0.15, -0.1) is 0 Å². The fourth-order valence-electron chi connectivity index (χ4n) is 3.68. The largest absolute Gasteiger partial charge is 0.496 e. The van der Waals surface area contributed by atoms with Crippen LogP contribution in [0.4, 0.5) is 4.79 Å². The second kappa shape index (κ2) is 10.6. The number of esters is 1. The van der Waals surface area contributed by atoms with Gasteiger partial charge in [0.25, 0.3) is 0 Å². The molecule has 0 saturated carbocycles. The molecule has 7 nitrogen and oxygen atoms in total. The number of carbonyl (C=O) groups is 2. The van der Waals surface area contributed by atoms with Crippen molar-refractivity contribution in [3.63, 3.8) is 0 Å². The van der Waals surface area contributed by atoms with Crippen molar-refractivity contribution < 1.29 is 28.5 Å². The molecule has 0 aromatic heterocycles. The summed E-state index contributed by atoms with van der Waals surface area (Å²) in [5.74, 6) is 0.991. The number of methoxy groups -OCH3 is 1. The van der Waals surface area contributed by atoms with Crippen molar-refractivity contribution in [1.29, 1.82) is 0 Å². The summed E-state index contributed by atoms with van der Waals surface area (Å²) in [6.45, 7) is 4.26. The molecule has 7 heteroatoms. The van der Waals surface area contributed by atoms with E-state index in [4.69, 9.17) is 18.9 Å². The lowest BCUT2D eigenvalue weighted by molar-refractivity contribution is -0.139. The van der Waals surface area contributed by atoms with Crippen LogP contribution in [0.25, 0.3) is 10.8 Å². The van der Waals surface area contributed by atoms with Crippen LogP contribution in [0.2, 0.25) is 0 Å². The van der Waals surface area contributed by atoms with Crippen molar-refractivity contribution in [2.45, 2.75) is 25.7 Å². The summed E-state index contributed by atoms with van der Waals surface area (Å²) in [5, 5.41) is 4.51. The molecule has 160 valence electrons. The normalized spacial score (nSPS) is 12.7. The summed E-state index contributed by atoms with van der Waals surface area (Å²) in [4.78, 5) is 23.3. The van der Waals surface area contributed by atoms with Gasteiger partial charge in [-0.1, -0.05) is 30.8 Å². The molecule has 30 heavy (non-hydrogen) atoms. The fraction of sp³-hybridized carbons (Fsp3) is 0.391. The third-order valence-corrected chi connectivity index (χ3v) is 4.99. The zero-order valence-electron chi connectivity index (χ0n) is 17.2. The minimum absolute atomic E-state index is 0.138. The molecule has 2 aromatic rings. The van der Waals surface area contributed by atoms with Crippen LogP contribution >= 0.6 is 0 Å². The molecule has 1 aliphatic carbocycles. The van der Waals surface area contributed by atoms with Crippen molar-refractivity contribution in [3.8, 4) is 11.5 Å². The van der Waals surface area contributed by atoms with Crippen molar-refractivity contribution in [1.82, 2.24) is 5.32 Å². The lowest BCUT2D eigenvalue weighted by Gasteiger charge is -2.24. The maximum absolute atomic E-state index is 12.4. The summed E-state index contributed by atoms with van der Waals surface area (Å²) < 4.78 is 21.6. The molecule has 0 bridgehead atoms. The van der Waals surface area contributed by atoms with Gasteiger partial charge < -0.3 is 24.3 Å². The zero-order chi connectivity index (χ0) is 21.3. The number of ether oxygens (including phenoxy) is 4. The van der Waals surface area contributed by atoms with E-state index in [0.29, 0.717) is 5.75 Å². The third kappa shape index (κ3) is 5.10. The van der Waals surface area contributed by atoms with E-state index in [1.165, 1.54) is 0 Å². The molecule has 0 aliphatic heterocycles. The second-order valence-corrected chi connectivity index (χ2v) is 6.87. The molecule has 0 saturated heterocycles. The van der Waals surface area contributed by atoms with Crippen LogP contribution in [-0.4, -0.2) is 45.5 Å². The predicted octanol–water partition coefficient (Wildman–Crippen LogP) is 3.56. The maximum atomic E-state index is 12.4. The van der Waals surface area contributed by atoms with Gasteiger partial charge >= 0.3 is 12.1 Å². The van der Waals surface area contributed by atoms with Crippen LogP contribution in [0.3, 0.4) is 0 Å². The highest BCUT2D eigenvalue weighted by molar-refractivity contribution is 5.97. The monoisotopic (exact) mass is 413 g/mol. The molecule has 0 unspecified atom stereocenters. The van der Waals surface area contributed by atoms with E-state index in [0.717, 1.165) is 59.4 Å². The quantitative estimate of drug-likeness (QED) is 0.385. The highest BCUT2D eigenvalue weighted by Gasteiger charge is 2.24. The van der Waals surface area contributed by atoms with E-state index >= 15 is 0 Å². The van der Waals surface area contributed by atoms with Crippen LogP contribution in [0.15, 0.2) is 36.9 Å². The summed E-state index contributed by atoms with van der Waals surface area (Å²) in [6, 6.07) is 7.81. The SMILES string of the molecule is C=CC(=O)OCCOCCNC(=O)Oc1c2c(c(OC)c3ccccc13)CCCC2. The molecule has 1 amide bonds. The number of fused-ring (bicyclic) bond motifs is 2. The van der Waals surface area contributed by atoms with Crippen molar-refractivity contribution in [2.24, 2.45) is 0 Å². The summed E-state index contributed by atoms with van der Waals surface area (Å²) >= 11 is 0. The number of rotatable bonds is 9. The molecule has 0 heterocycles. The molecule has 1 N–H and O–H groups in total. The first-order chi connectivity index (χ1) is 14.7. The molecule has 2 aromatic carbocycles. The Bertz CT molecular complexity index is 924. The Hall–Kier alpha value is -3.06. The third-order valence-electron chi connectivity index (χ3n) is 4.99. The van der Waals surface area contributed by atoms with Crippen molar-refractivity contribution >= 4 is 22.8 Å². The summed E-state index contributed by atoms with van der Waals surface area (Å²) in [5.41, 5.74) is 2.18. The zero-order valence-corrected chi connectivity index (χ0v) is 17.2. The van der Waals surface area contributed by atoms with Crippen LogP contribution in [0.1, 0.15) is 24.0 Å². The maximum Gasteiger partial charge on any atom is 0.412 e. The summed E-state index contributed by atoms with van der Waals surface area (Å²) in [6.07, 6.45) is 4.47. The minimum atomic E-state index is -0.528. The van der Waals surface area contributed by atoms with Gasteiger partial charge in [-0.2, -0.15) is 0 Å². The van der Waals surface area contributed by atoms with Crippen molar-refractivity contribution in [3.05, 3.63) is 48.0 Å². The Morgan fingerprint density at radius 1 is 1.03 bits per heavy atom. The lowest BCUT2D eigenvalue weighted by Crippen LogP contribution is -2.31. The van der Waals surface area contributed by atoms with Gasteiger partial charge in [0.2, 0.25) is 0 Å². The van der Waals surface area contributed by atoms with Crippen LogP contribution < -0.4 is 14.8 Å². The molecule has 0 fully saturated rings. The number of carbonyl (C=O) groups excluding carboxylic acids is 2. The number of hydrogen-bond acceptors (Lipinski definition) is 6. The summed E-state index contributed by atoms with van der Waals surface area (Å²) in [7, 11) is 1.68. The standard InChI is InChI=1S/C23H27NO6/c1-3-20(25)29-15-14-28-13-12-24-23(26)30-22-18-10-6-4-8-16(18)21(27-2)17-9-5-7-11-19(17)22/h3-4,6,8,10H,1,5,7,9,11-15H2,2H3,(H,24,26). The van der Waals surface area contributed by atoms with Crippen LogP contribution in [-0.2, 0) is 27.1 Å². The number of amides is 1. The Balaban J connectivity index is 1.62. The minimum Gasteiger partial charge on any atom is -0.496 e. The molecule has 0 atom stereocenters. The number of benzene rings is 2. The van der Waals surface area contributed by atoms with Gasteiger partial charge in [-0.25, -0.2) is 9.59 Å². The van der Waals surface area contributed by atoms with Gasteiger partial charge in [0, 0.05) is 34.5 Å². The molecule has 1 aliphatic rings. The second-order valence-electron chi connectivity index (χ2n) is 6.87.